The van der Waals surface area contributed by atoms with Gasteiger partial charge in [-0.3, -0.25) is 14.4 Å². The third kappa shape index (κ3) is 5.03. The Bertz CT molecular complexity index is 696. The molecule has 0 aliphatic heterocycles. The molecule has 0 bridgehead atoms. The number of aliphatic carboxylic acids is 1. The molecule has 1 aromatic rings. The normalized spacial score (nSPS) is 11.8. The Balaban J connectivity index is 3.28. The topological polar surface area (TPSA) is 132 Å². The first-order chi connectivity index (χ1) is 11.6. The number of carbonyl (C=O) groups is 4. The van der Waals surface area contributed by atoms with Gasteiger partial charge in [-0.25, -0.2) is 4.79 Å². The number of carboxylic acids is 2. The van der Waals surface area contributed by atoms with Crippen molar-refractivity contribution >= 4 is 29.3 Å². The molecular weight excluding hydrogens is 330 g/mol. The first kappa shape index (κ1) is 20.1. The van der Waals surface area contributed by atoms with Gasteiger partial charge in [0.15, 0.2) is 5.78 Å². The molecule has 3 N–H and O–H groups in total. The van der Waals surface area contributed by atoms with Crippen molar-refractivity contribution in [1.29, 1.82) is 0 Å². The van der Waals surface area contributed by atoms with Gasteiger partial charge in [0.1, 0.15) is 11.3 Å². The fourth-order valence-corrected chi connectivity index (χ4v) is 2.58. The summed E-state index contributed by atoms with van der Waals surface area (Å²) in [6, 6.07) is 2.64. The summed E-state index contributed by atoms with van der Waals surface area (Å²) in [7, 11) is 0. The molecule has 0 spiro atoms. The summed E-state index contributed by atoms with van der Waals surface area (Å²) < 4.78 is 0. The lowest BCUT2D eigenvalue weighted by molar-refractivity contribution is -0.138. The van der Waals surface area contributed by atoms with E-state index in [2.05, 4.69) is 0 Å². The highest BCUT2D eigenvalue weighted by molar-refractivity contribution is 6.01. The van der Waals surface area contributed by atoms with E-state index in [9.17, 15) is 24.3 Å². The van der Waals surface area contributed by atoms with Crippen LogP contribution in [-0.4, -0.2) is 45.0 Å². The van der Waals surface area contributed by atoms with Crippen molar-refractivity contribution in [3.05, 3.63) is 23.8 Å². The second-order valence-corrected chi connectivity index (χ2v) is 5.94. The molecule has 0 radical (unpaired) electrons. The first-order valence-electron chi connectivity index (χ1n) is 7.66. The number of benzene rings is 1. The number of nitrogens with zero attached hydrogens (tertiary/aromatic N) is 1. The molecule has 0 saturated carbocycles. The average molecular weight is 351 g/mol. The van der Waals surface area contributed by atoms with Crippen molar-refractivity contribution in [2.24, 2.45) is 5.92 Å². The predicted octanol–water partition coefficient (Wildman–Crippen LogP) is 1.90. The number of carboxylic acid groups (broad SMARTS) is 2. The zero-order valence-electron chi connectivity index (χ0n) is 14.2. The molecule has 0 fully saturated rings. The Morgan fingerprint density at radius 2 is 1.68 bits per heavy atom. The van der Waals surface area contributed by atoms with E-state index in [1.807, 2.05) is 0 Å². The highest BCUT2D eigenvalue weighted by Gasteiger charge is 2.32. The summed E-state index contributed by atoms with van der Waals surface area (Å²) in [6.07, 6.45) is -0.585. The Kier molecular flexibility index (Phi) is 6.67. The van der Waals surface area contributed by atoms with E-state index in [0.29, 0.717) is 0 Å². The predicted molar refractivity (Wildman–Crippen MR) is 88.7 cm³/mol. The van der Waals surface area contributed by atoms with Crippen LogP contribution in [0.4, 0.5) is 5.69 Å². The van der Waals surface area contributed by atoms with Gasteiger partial charge in [0, 0.05) is 25.1 Å². The molecule has 1 aromatic carbocycles. The molecule has 136 valence electrons. The molecule has 1 amide bonds. The van der Waals surface area contributed by atoms with Gasteiger partial charge < -0.3 is 20.2 Å². The summed E-state index contributed by atoms with van der Waals surface area (Å²) in [4.78, 5) is 47.4. The fourth-order valence-electron chi connectivity index (χ4n) is 2.58. The van der Waals surface area contributed by atoms with E-state index in [-0.39, 0.29) is 30.0 Å². The molecule has 1 atom stereocenters. The van der Waals surface area contributed by atoms with Crippen LogP contribution >= 0.6 is 0 Å². The minimum absolute atomic E-state index is 0.164. The highest BCUT2D eigenvalue weighted by atomic mass is 16.4. The molecule has 0 saturated heterocycles. The number of carbonyl (C=O) groups excluding carboxylic acids is 2. The lowest BCUT2D eigenvalue weighted by Gasteiger charge is -2.33. The number of aromatic hydroxyl groups is 1. The van der Waals surface area contributed by atoms with E-state index in [1.165, 1.54) is 13.0 Å². The number of hydrogen-bond acceptors (Lipinski definition) is 5. The van der Waals surface area contributed by atoms with Crippen LogP contribution in [0.3, 0.4) is 0 Å². The quantitative estimate of drug-likeness (QED) is 0.651. The number of Topliss-reactive ketones (excluding diaryl/α,β-unsaturated/α-hetero) is 1. The molecule has 0 aliphatic carbocycles. The summed E-state index contributed by atoms with van der Waals surface area (Å²) in [5.41, 5.74) is -0.164. The maximum absolute atomic E-state index is 12.5. The maximum Gasteiger partial charge on any atom is 0.339 e. The van der Waals surface area contributed by atoms with E-state index < -0.39 is 35.4 Å². The van der Waals surface area contributed by atoms with Gasteiger partial charge in [0.2, 0.25) is 5.91 Å². The molecule has 8 nitrogen and oxygen atoms in total. The van der Waals surface area contributed by atoms with E-state index in [1.54, 1.807) is 13.8 Å². The molecule has 8 heteroatoms. The molecule has 0 aromatic heterocycles. The van der Waals surface area contributed by atoms with Crippen LogP contribution in [0.2, 0.25) is 0 Å². The molecule has 1 unspecified atom stereocenters. The zero-order valence-corrected chi connectivity index (χ0v) is 14.2. The van der Waals surface area contributed by atoms with Crippen LogP contribution in [-0.2, 0) is 14.4 Å². The van der Waals surface area contributed by atoms with Crippen LogP contribution < -0.4 is 4.90 Å². The molecule has 0 aliphatic rings. The number of amides is 1. The van der Waals surface area contributed by atoms with Crippen LogP contribution in [0, 0.1) is 5.92 Å². The maximum atomic E-state index is 12.5. The lowest BCUT2D eigenvalue weighted by atomic mass is 9.94. The van der Waals surface area contributed by atoms with Crippen molar-refractivity contribution in [3.8, 4) is 5.75 Å². The third-order valence-electron chi connectivity index (χ3n) is 3.65. The number of aromatic carboxylic acids is 1. The summed E-state index contributed by atoms with van der Waals surface area (Å²) in [6.45, 7) is 4.66. The number of phenols is 1. The van der Waals surface area contributed by atoms with Crippen LogP contribution in [0.5, 0.6) is 5.75 Å². The van der Waals surface area contributed by atoms with Crippen LogP contribution in [0.1, 0.15) is 44.0 Å². The SMILES string of the molecule is CC(=O)N(c1ccc(C(=O)O)c(O)c1)C(C(=O)CCC(=O)O)C(C)C. The molecule has 0 heterocycles. The number of anilines is 1. The van der Waals surface area contributed by atoms with E-state index in [0.717, 1.165) is 17.0 Å². The molecule has 25 heavy (non-hydrogen) atoms. The van der Waals surface area contributed by atoms with Crippen molar-refractivity contribution in [1.82, 2.24) is 0 Å². The number of rotatable bonds is 8. The first-order valence-corrected chi connectivity index (χ1v) is 7.66. The van der Waals surface area contributed by atoms with E-state index in [4.69, 9.17) is 10.2 Å². The smallest absolute Gasteiger partial charge is 0.339 e. The van der Waals surface area contributed by atoms with Gasteiger partial charge in [-0.1, -0.05) is 13.8 Å². The Morgan fingerprint density at radius 3 is 2.08 bits per heavy atom. The van der Waals surface area contributed by atoms with Crippen molar-refractivity contribution < 1.29 is 34.5 Å². The minimum atomic E-state index is -1.32. The van der Waals surface area contributed by atoms with Gasteiger partial charge in [-0.05, 0) is 18.1 Å². The average Bonchev–Trinajstić information content (AvgIpc) is 2.48. The monoisotopic (exact) mass is 351 g/mol. The van der Waals surface area contributed by atoms with Crippen molar-refractivity contribution in [3.63, 3.8) is 0 Å². The standard InChI is InChI=1S/C17H21NO7/c1-9(2)16(13(20)6-7-15(22)23)18(10(3)19)11-4-5-12(17(24)25)14(21)8-11/h4-5,8-9,16,21H,6-7H2,1-3H3,(H,22,23)(H,24,25). The molecule has 1 rings (SSSR count). The third-order valence-corrected chi connectivity index (χ3v) is 3.65. The summed E-state index contributed by atoms with van der Waals surface area (Å²) in [5, 5.41) is 27.6. The molecular formula is C17H21NO7. The highest BCUT2D eigenvalue weighted by Crippen LogP contribution is 2.29. The summed E-state index contributed by atoms with van der Waals surface area (Å²) in [5.74, 6) is -4.19. The Morgan fingerprint density at radius 1 is 1.08 bits per heavy atom. The minimum Gasteiger partial charge on any atom is -0.507 e. The van der Waals surface area contributed by atoms with Gasteiger partial charge in [0.05, 0.1) is 12.5 Å². The van der Waals surface area contributed by atoms with Crippen molar-refractivity contribution in [2.75, 3.05) is 4.90 Å². The van der Waals surface area contributed by atoms with Gasteiger partial charge in [0.25, 0.3) is 0 Å². The second-order valence-electron chi connectivity index (χ2n) is 5.94. The zero-order chi connectivity index (χ0) is 19.3. The largest absolute Gasteiger partial charge is 0.507 e. The summed E-state index contributed by atoms with van der Waals surface area (Å²) >= 11 is 0. The lowest BCUT2D eigenvalue weighted by Crippen LogP contribution is -2.47. The number of ketones is 1. The fraction of sp³-hybridized carbons (Fsp3) is 0.412. The van der Waals surface area contributed by atoms with Crippen LogP contribution in [0.15, 0.2) is 18.2 Å². The van der Waals surface area contributed by atoms with Gasteiger partial charge >= 0.3 is 11.9 Å². The second kappa shape index (κ2) is 8.27. The van der Waals surface area contributed by atoms with E-state index >= 15 is 0 Å². The number of hydrogen-bond donors (Lipinski definition) is 3. The van der Waals surface area contributed by atoms with Gasteiger partial charge in [-0.15, -0.1) is 0 Å². The Hall–Kier alpha value is -2.90. The van der Waals surface area contributed by atoms with Crippen molar-refractivity contribution in [2.45, 2.75) is 39.7 Å². The Labute approximate surface area is 144 Å². The van der Waals surface area contributed by atoms with Crippen LogP contribution in [0.25, 0.3) is 0 Å². The van der Waals surface area contributed by atoms with Gasteiger partial charge in [-0.2, -0.15) is 0 Å².